The topological polar surface area (TPSA) is 35.2 Å². The van der Waals surface area contributed by atoms with Gasteiger partial charge in [0.25, 0.3) is 0 Å². The Morgan fingerprint density at radius 2 is 1.72 bits per heavy atom. The zero-order chi connectivity index (χ0) is 13.9. The second-order valence-electron chi connectivity index (χ2n) is 5.36. The van der Waals surface area contributed by atoms with Crippen LogP contribution in [0, 0.1) is 11.6 Å². The normalized spacial score (nSPS) is 15.5. The Kier molecular flexibility index (Phi) is 5.01. The molecule has 2 nitrogen and oxygen atoms in total. The van der Waals surface area contributed by atoms with Gasteiger partial charge >= 0.3 is 0 Å². The molecule has 0 aromatic heterocycles. The number of hydrogen-bond acceptors (Lipinski definition) is 2. The minimum atomic E-state index is -1.94. The van der Waals surface area contributed by atoms with Crippen LogP contribution < -0.4 is 5.73 Å². The monoisotopic (exact) mass is 273 g/mol. The first kappa shape index (κ1) is 15.3. The Balaban J connectivity index is 3.18. The number of halogens is 2. The van der Waals surface area contributed by atoms with Crippen LogP contribution in [-0.2, 0) is 4.43 Å². The molecule has 0 spiro atoms. The SMILES string of the molecule is CCC(N)C(O[Si](C)(C)C)c1c(F)cccc1F. The van der Waals surface area contributed by atoms with Crippen molar-refractivity contribution in [1.82, 2.24) is 0 Å². The zero-order valence-electron chi connectivity index (χ0n) is 11.3. The highest BCUT2D eigenvalue weighted by atomic mass is 28.4. The van der Waals surface area contributed by atoms with E-state index in [4.69, 9.17) is 10.2 Å². The summed E-state index contributed by atoms with van der Waals surface area (Å²) in [6.45, 7) is 7.80. The smallest absolute Gasteiger partial charge is 0.184 e. The number of rotatable bonds is 5. The molecule has 1 rings (SSSR count). The lowest BCUT2D eigenvalue weighted by Gasteiger charge is -2.31. The molecule has 2 N–H and O–H groups in total. The van der Waals surface area contributed by atoms with Crippen molar-refractivity contribution in [3.63, 3.8) is 0 Å². The molecule has 0 radical (unpaired) electrons. The Bertz CT molecular complexity index is 386. The summed E-state index contributed by atoms with van der Waals surface area (Å²) in [5.41, 5.74) is 5.91. The van der Waals surface area contributed by atoms with E-state index in [1.165, 1.54) is 18.2 Å². The maximum absolute atomic E-state index is 13.8. The summed E-state index contributed by atoms with van der Waals surface area (Å²) in [5, 5.41) is 0. The molecule has 0 saturated heterocycles. The predicted octanol–water partition coefficient (Wildman–Crippen LogP) is 3.59. The number of nitrogens with two attached hydrogens (primary N) is 1. The van der Waals surface area contributed by atoms with Crippen molar-refractivity contribution in [3.8, 4) is 0 Å². The van der Waals surface area contributed by atoms with E-state index in [2.05, 4.69) is 0 Å². The molecule has 0 saturated carbocycles. The van der Waals surface area contributed by atoms with Crippen molar-refractivity contribution >= 4 is 8.32 Å². The summed E-state index contributed by atoms with van der Waals surface area (Å²) in [6.07, 6.45) is -0.119. The average Bonchev–Trinajstić information content (AvgIpc) is 2.24. The molecule has 0 bridgehead atoms. The van der Waals surface area contributed by atoms with E-state index < -0.39 is 32.1 Å². The van der Waals surface area contributed by atoms with Gasteiger partial charge in [0.2, 0.25) is 0 Å². The maximum Gasteiger partial charge on any atom is 0.184 e. The summed E-state index contributed by atoms with van der Waals surface area (Å²) in [5.74, 6) is -1.19. The van der Waals surface area contributed by atoms with Gasteiger partial charge in [-0.1, -0.05) is 13.0 Å². The summed E-state index contributed by atoms with van der Waals surface area (Å²) in [6, 6.07) is 3.41. The lowest BCUT2D eigenvalue weighted by atomic mass is 10.00. The summed E-state index contributed by atoms with van der Waals surface area (Å²) in [7, 11) is -1.94. The summed E-state index contributed by atoms with van der Waals surface area (Å²) in [4.78, 5) is 0. The molecule has 0 aliphatic rings. The quantitative estimate of drug-likeness (QED) is 0.832. The first-order chi connectivity index (χ1) is 8.26. The Labute approximate surface area is 108 Å². The minimum Gasteiger partial charge on any atom is -0.409 e. The third-order valence-corrected chi connectivity index (χ3v) is 3.59. The van der Waals surface area contributed by atoms with E-state index >= 15 is 0 Å². The molecule has 0 heterocycles. The van der Waals surface area contributed by atoms with Crippen LogP contribution in [0.25, 0.3) is 0 Å². The van der Waals surface area contributed by atoms with E-state index in [9.17, 15) is 8.78 Å². The van der Waals surface area contributed by atoms with Gasteiger partial charge in [-0.25, -0.2) is 8.78 Å². The second-order valence-corrected chi connectivity index (χ2v) is 9.82. The zero-order valence-corrected chi connectivity index (χ0v) is 12.3. The van der Waals surface area contributed by atoms with E-state index in [1.54, 1.807) is 0 Å². The second kappa shape index (κ2) is 5.91. The van der Waals surface area contributed by atoms with Gasteiger partial charge < -0.3 is 10.2 Å². The van der Waals surface area contributed by atoms with E-state index in [-0.39, 0.29) is 5.56 Å². The van der Waals surface area contributed by atoms with Crippen molar-refractivity contribution in [2.24, 2.45) is 5.73 Å². The molecular formula is C13H21F2NOSi. The highest BCUT2D eigenvalue weighted by molar-refractivity contribution is 6.69. The fourth-order valence-electron chi connectivity index (χ4n) is 1.74. The first-order valence-electron chi connectivity index (χ1n) is 6.13. The van der Waals surface area contributed by atoms with Crippen molar-refractivity contribution in [2.45, 2.75) is 45.1 Å². The van der Waals surface area contributed by atoms with Crippen LogP contribution in [-0.4, -0.2) is 14.4 Å². The third kappa shape index (κ3) is 3.86. The van der Waals surface area contributed by atoms with Gasteiger partial charge in [-0.2, -0.15) is 0 Å². The van der Waals surface area contributed by atoms with Crippen LogP contribution in [0.2, 0.25) is 19.6 Å². The molecule has 0 aliphatic carbocycles. The Morgan fingerprint density at radius 3 is 2.11 bits per heavy atom. The van der Waals surface area contributed by atoms with Crippen LogP contribution in [0.5, 0.6) is 0 Å². The van der Waals surface area contributed by atoms with Crippen LogP contribution >= 0.6 is 0 Å². The molecule has 2 unspecified atom stereocenters. The van der Waals surface area contributed by atoms with Crippen LogP contribution in [0.3, 0.4) is 0 Å². The molecule has 0 amide bonds. The molecule has 0 fully saturated rings. The van der Waals surface area contributed by atoms with E-state index in [0.29, 0.717) is 6.42 Å². The lowest BCUT2D eigenvalue weighted by Crippen LogP contribution is -2.38. The minimum absolute atomic E-state index is 0.0470. The molecular weight excluding hydrogens is 252 g/mol. The van der Waals surface area contributed by atoms with Gasteiger partial charge in [0.15, 0.2) is 8.32 Å². The van der Waals surface area contributed by atoms with Gasteiger partial charge in [-0.05, 0) is 38.2 Å². The van der Waals surface area contributed by atoms with Crippen molar-refractivity contribution in [3.05, 3.63) is 35.4 Å². The van der Waals surface area contributed by atoms with Gasteiger partial charge in [0, 0.05) is 6.04 Å². The molecule has 18 heavy (non-hydrogen) atoms. The maximum atomic E-state index is 13.8. The molecule has 1 aromatic rings. The van der Waals surface area contributed by atoms with Gasteiger partial charge in [0.05, 0.1) is 11.7 Å². The predicted molar refractivity (Wildman–Crippen MR) is 71.8 cm³/mol. The average molecular weight is 273 g/mol. The standard InChI is InChI=1S/C13H21F2NOSi/c1-5-11(16)13(17-18(2,3)4)12-9(14)7-6-8-10(12)15/h6-8,11,13H,5,16H2,1-4H3. The van der Waals surface area contributed by atoms with E-state index in [1.807, 2.05) is 26.6 Å². The van der Waals surface area contributed by atoms with Crippen LogP contribution in [0.4, 0.5) is 8.78 Å². The van der Waals surface area contributed by atoms with Crippen molar-refractivity contribution < 1.29 is 13.2 Å². The first-order valence-corrected chi connectivity index (χ1v) is 9.54. The van der Waals surface area contributed by atoms with Crippen molar-refractivity contribution in [2.75, 3.05) is 0 Å². The Morgan fingerprint density at radius 1 is 1.22 bits per heavy atom. The third-order valence-electron chi connectivity index (χ3n) is 2.63. The lowest BCUT2D eigenvalue weighted by molar-refractivity contribution is 0.154. The van der Waals surface area contributed by atoms with Gasteiger partial charge in [-0.15, -0.1) is 0 Å². The van der Waals surface area contributed by atoms with Crippen LogP contribution in [0.15, 0.2) is 18.2 Å². The highest BCUT2D eigenvalue weighted by Gasteiger charge is 2.30. The highest BCUT2D eigenvalue weighted by Crippen LogP contribution is 2.30. The summed E-state index contributed by atoms with van der Waals surface area (Å²) >= 11 is 0. The van der Waals surface area contributed by atoms with E-state index in [0.717, 1.165) is 0 Å². The molecule has 5 heteroatoms. The number of benzene rings is 1. The van der Waals surface area contributed by atoms with Crippen LogP contribution in [0.1, 0.15) is 25.0 Å². The largest absolute Gasteiger partial charge is 0.409 e. The molecule has 0 aliphatic heterocycles. The molecule has 102 valence electrons. The molecule has 1 aromatic carbocycles. The van der Waals surface area contributed by atoms with Crippen molar-refractivity contribution in [1.29, 1.82) is 0 Å². The van der Waals surface area contributed by atoms with Gasteiger partial charge in [0.1, 0.15) is 11.6 Å². The molecule has 2 atom stereocenters. The fraction of sp³-hybridized carbons (Fsp3) is 0.538. The fourth-order valence-corrected chi connectivity index (χ4v) is 2.79. The number of hydrogen-bond donors (Lipinski definition) is 1. The summed E-state index contributed by atoms with van der Waals surface area (Å²) < 4.78 is 33.5. The van der Waals surface area contributed by atoms with Gasteiger partial charge in [-0.3, -0.25) is 0 Å². The Hall–Kier alpha value is -0.783.